The van der Waals surface area contributed by atoms with Crippen molar-refractivity contribution in [1.29, 1.82) is 0 Å². The SMILES string of the molecule is Cc1cc(-n2nc(C)c3ccc([C@@](C)(O)c4noc(C)n4)cc32)nc(N)n1. The molecule has 4 aromatic rings. The van der Waals surface area contributed by atoms with E-state index in [9.17, 15) is 5.11 Å². The summed E-state index contributed by atoms with van der Waals surface area (Å²) in [4.78, 5) is 12.6. The van der Waals surface area contributed by atoms with Gasteiger partial charge in [-0.2, -0.15) is 15.1 Å². The number of fused-ring (bicyclic) bond motifs is 1. The Bertz CT molecular complexity index is 1140. The van der Waals surface area contributed by atoms with Gasteiger partial charge < -0.3 is 15.4 Å². The van der Waals surface area contributed by atoms with Crippen molar-refractivity contribution < 1.29 is 9.63 Å². The zero-order valence-electron chi connectivity index (χ0n) is 15.4. The minimum Gasteiger partial charge on any atom is -0.377 e. The number of nitrogen functional groups attached to an aromatic ring is 1. The molecule has 0 aliphatic carbocycles. The van der Waals surface area contributed by atoms with Gasteiger partial charge in [0, 0.05) is 24.1 Å². The van der Waals surface area contributed by atoms with Crippen molar-refractivity contribution in [3.8, 4) is 5.82 Å². The molecule has 1 aromatic carbocycles. The highest BCUT2D eigenvalue weighted by atomic mass is 16.5. The summed E-state index contributed by atoms with van der Waals surface area (Å²) in [6.45, 7) is 7.06. The van der Waals surface area contributed by atoms with Crippen LogP contribution in [-0.2, 0) is 5.60 Å². The lowest BCUT2D eigenvalue weighted by Gasteiger charge is -2.20. The molecule has 1 atom stereocenters. The molecule has 138 valence electrons. The third-order valence-electron chi connectivity index (χ3n) is 4.47. The van der Waals surface area contributed by atoms with Gasteiger partial charge in [0.25, 0.3) is 0 Å². The Morgan fingerprint density at radius 1 is 1.11 bits per heavy atom. The Hall–Kier alpha value is -3.33. The predicted molar refractivity (Wildman–Crippen MR) is 98.3 cm³/mol. The first kappa shape index (κ1) is 17.1. The maximum Gasteiger partial charge on any atom is 0.223 e. The molecule has 0 aliphatic rings. The number of nitrogens with zero attached hydrogens (tertiary/aromatic N) is 6. The van der Waals surface area contributed by atoms with Crippen molar-refractivity contribution in [3.05, 3.63) is 52.9 Å². The van der Waals surface area contributed by atoms with Crippen LogP contribution in [0.1, 0.15) is 35.6 Å². The second kappa shape index (κ2) is 5.85. The quantitative estimate of drug-likeness (QED) is 0.564. The maximum absolute atomic E-state index is 11.0. The number of anilines is 1. The molecule has 3 aromatic heterocycles. The van der Waals surface area contributed by atoms with Crippen LogP contribution in [0.25, 0.3) is 16.7 Å². The zero-order chi connectivity index (χ0) is 19.3. The van der Waals surface area contributed by atoms with Gasteiger partial charge in [0.2, 0.25) is 17.7 Å². The average Bonchev–Trinajstić information content (AvgIpc) is 3.18. The summed E-state index contributed by atoms with van der Waals surface area (Å²) in [5.41, 5.74) is 7.34. The smallest absolute Gasteiger partial charge is 0.223 e. The predicted octanol–water partition coefficient (Wildman–Crippen LogP) is 1.96. The van der Waals surface area contributed by atoms with Crippen LogP contribution >= 0.6 is 0 Å². The van der Waals surface area contributed by atoms with E-state index in [2.05, 4.69) is 25.2 Å². The number of benzene rings is 1. The number of aliphatic hydroxyl groups is 1. The monoisotopic (exact) mass is 365 g/mol. The van der Waals surface area contributed by atoms with Gasteiger partial charge in [0.15, 0.2) is 5.82 Å². The van der Waals surface area contributed by atoms with Gasteiger partial charge in [0.05, 0.1) is 11.2 Å². The van der Waals surface area contributed by atoms with E-state index in [1.165, 1.54) is 0 Å². The van der Waals surface area contributed by atoms with E-state index in [-0.39, 0.29) is 11.8 Å². The highest BCUT2D eigenvalue weighted by molar-refractivity contribution is 5.84. The Morgan fingerprint density at radius 2 is 1.89 bits per heavy atom. The molecule has 0 fully saturated rings. The van der Waals surface area contributed by atoms with Crippen molar-refractivity contribution >= 4 is 16.9 Å². The summed E-state index contributed by atoms with van der Waals surface area (Å²) in [5, 5.41) is 20.4. The fourth-order valence-corrected chi connectivity index (χ4v) is 3.06. The van der Waals surface area contributed by atoms with Crippen LogP contribution < -0.4 is 5.73 Å². The van der Waals surface area contributed by atoms with Crippen LogP contribution in [0.3, 0.4) is 0 Å². The molecule has 0 bridgehead atoms. The van der Waals surface area contributed by atoms with Crippen LogP contribution in [-0.4, -0.2) is 35.0 Å². The summed E-state index contributed by atoms with van der Waals surface area (Å²) in [6, 6.07) is 7.37. The maximum atomic E-state index is 11.0. The van der Waals surface area contributed by atoms with Crippen LogP contribution in [0.15, 0.2) is 28.8 Å². The lowest BCUT2D eigenvalue weighted by molar-refractivity contribution is 0.0893. The molecule has 0 aliphatic heterocycles. The van der Waals surface area contributed by atoms with Crippen LogP contribution in [0.5, 0.6) is 0 Å². The molecular weight excluding hydrogens is 346 g/mol. The average molecular weight is 365 g/mol. The molecule has 0 saturated heterocycles. The minimum atomic E-state index is -1.42. The standard InChI is InChI=1S/C18H19N7O2/c1-9-7-15(22-17(19)20-9)25-14-8-12(5-6-13(14)10(2)23-25)18(4,26)16-21-11(3)27-24-16/h5-8,26H,1-4H3,(H2,19,20,22)/t18-/m1/s1. The molecule has 0 saturated carbocycles. The Balaban J connectivity index is 1.91. The minimum absolute atomic E-state index is 0.178. The van der Waals surface area contributed by atoms with Gasteiger partial charge in [-0.1, -0.05) is 17.3 Å². The zero-order valence-corrected chi connectivity index (χ0v) is 15.4. The number of hydrogen-bond donors (Lipinski definition) is 2. The topological polar surface area (TPSA) is 129 Å². The van der Waals surface area contributed by atoms with Crippen molar-refractivity contribution in [1.82, 2.24) is 29.9 Å². The van der Waals surface area contributed by atoms with Crippen molar-refractivity contribution in [2.45, 2.75) is 33.3 Å². The Morgan fingerprint density at radius 3 is 2.56 bits per heavy atom. The summed E-state index contributed by atoms with van der Waals surface area (Å²) < 4.78 is 6.71. The highest BCUT2D eigenvalue weighted by Gasteiger charge is 2.32. The Kier molecular flexibility index (Phi) is 3.70. The van der Waals surface area contributed by atoms with Crippen LogP contribution in [0, 0.1) is 20.8 Å². The first-order valence-corrected chi connectivity index (χ1v) is 8.40. The number of rotatable bonds is 3. The molecule has 0 amide bonds. The van der Waals surface area contributed by atoms with Crippen molar-refractivity contribution in [3.63, 3.8) is 0 Å². The van der Waals surface area contributed by atoms with E-state index >= 15 is 0 Å². The van der Waals surface area contributed by atoms with Gasteiger partial charge in [-0.25, -0.2) is 9.67 Å². The fourth-order valence-electron chi connectivity index (χ4n) is 3.06. The van der Waals surface area contributed by atoms with Crippen LogP contribution in [0.2, 0.25) is 0 Å². The molecule has 27 heavy (non-hydrogen) atoms. The summed E-state index contributed by atoms with van der Waals surface area (Å²) >= 11 is 0. The molecule has 0 spiro atoms. The third-order valence-corrected chi connectivity index (χ3v) is 4.47. The van der Waals surface area contributed by atoms with E-state index in [0.29, 0.717) is 17.3 Å². The Labute approximate surface area is 154 Å². The summed E-state index contributed by atoms with van der Waals surface area (Å²) in [6.07, 6.45) is 0. The molecule has 3 heterocycles. The lowest BCUT2D eigenvalue weighted by Crippen LogP contribution is -2.24. The molecule has 3 N–H and O–H groups in total. The summed E-state index contributed by atoms with van der Waals surface area (Å²) in [7, 11) is 0. The third kappa shape index (κ3) is 2.81. The fraction of sp³-hybridized carbons (Fsp3) is 0.278. The number of aromatic nitrogens is 6. The molecule has 4 rings (SSSR count). The molecule has 0 radical (unpaired) electrons. The van der Waals surface area contributed by atoms with Crippen LogP contribution in [0.4, 0.5) is 5.95 Å². The second-order valence-electron chi connectivity index (χ2n) is 6.66. The molecule has 9 nitrogen and oxygen atoms in total. The largest absolute Gasteiger partial charge is 0.377 e. The van der Waals surface area contributed by atoms with E-state index in [4.69, 9.17) is 10.3 Å². The van der Waals surface area contributed by atoms with E-state index in [1.54, 1.807) is 24.6 Å². The van der Waals surface area contributed by atoms with Crippen molar-refractivity contribution in [2.24, 2.45) is 0 Å². The molecular formula is C18H19N7O2. The van der Waals surface area contributed by atoms with Gasteiger partial charge in [-0.05, 0) is 32.4 Å². The number of aryl methyl sites for hydroxylation is 3. The summed E-state index contributed by atoms with van der Waals surface area (Å²) in [5.74, 6) is 1.32. The van der Waals surface area contributed by atoms with Crippen molar-refractivity contribution in [2.75, 3.05) is 5.73 Å². The van der Waals surface area contributed by atoms with Gasteiger partial charge in [0.1, 0.15) is 5.60 Å². The normalized spacial score (nSPS) is 13.8. The van der Waals surface area contributed by atoms with E-state index in [1.807, 2.05) is 32.0 Å². The van der Waals surface area contributed by atoms with E-state index < -0.39 is 5.60 Å². The highest BCUT2D eigenvalue weighted by Crippen LogP contribution is 2.31. The van der Waals surface area contributed by atoms with Gasteiger partial charge in [-0.15, -0.1) is 0 Å². The van der Waals surface area contributed by atoms with Gasteiger partial charge in [-0.3, -0.25) is 0 Å². The first-order chi connectivity index (χ1) is 12.8. The molecule has 0 unspecified atom stereocenters. The second-order valence-corrected chi connectivity index (χ2v) is 6.66. The number of hydrogen-bond acceptors (Lipinski definition) is 8. The molecule has 9 heteroatoms. The number of nitrogens with two attached hydrogens (primary N) is 1. The first-order valence-electron chi connectivity index (χ1n) is 8.40. The lowest BCUT2D eigenvalue weighted by atomic mass is 9.94. The van der Waals surface area contributed by atoms with Gasteiger partial charge >= 0.3 is 0 Å². The van der Waals surface area contributed by atoms with E-state index in [0.717, 1.165) is 22.3 Å².